The van der Waals surface area contributed by atoms with E-state index in [-0.39, 0.29) is 17.9 Å². The minimum Gasteiger partial charge on any atom is -0.453 e. The summed E-state index contributed by atoms with van der Waals surface area (Å²) < 4.78 is 67.8. The first-order valence-corrected chi connectivity index (χ1v) is 5.66. The quantitative estimate of drug-likeness (QED) is 0.418. The molecule has 0 spiro atoms. The number of alkyl halides is 5. The van der Waals surface area contributed by atoms with Gasteiger partial charge >= 0.3 is 12.1 Å². The summed E-state index contributed by atoms with van der Waals surface area (Å²) in [6, 6.07) is 0. The molecule has 112 valence electrons. The molecule has 0 aliphatic heterocycles. The van der Waals surface area contributed by atoms with Crippen molar-refractivity contribution >= 4 is 5.97 Å². The summed E-state index contributed by atoms with van der Waals surface area (Å²) in [6.07, 6.45) is -9.82. The van der Waals surface area contributed by atoms with E-state index in [2.05, 4.69) is 11.3 Å². The Kier molecular flexibility index (Phi) is 5.96. The van der Waals surface area contributed by atoms with Crippen LogP contribution in [0.5, 0.6) is 0 Å². The molecule has 0 rings (SSSR count). The average molecular weight is 288 g/mol. The van der Waals surface area contributed by atoms with Crippen LogP contribution in [0.15, 0.2) is 12.2 Å². The molecular formula is C12H17F5O2. The topological polar surface area (TPSA) is 26.3 Å². The highest BCUT2D eigenvalue weighted by atomic mass is 19.4. The van der Waals surface area contributed by atoms with Crippen molar-refractivity contribution in [1.82, 2.24) is 0 Å². The Bertz CT molecular complexity index is 334. The van der Waals surface area contributed by atoms with E-state index in [0.29, 0.717) is 0 Å². The number of hydrogen-bond acceptors (Lipinski definition) is 2. The van der Waals surface area contributed by atoms with E-state index < -0.39 is 30.6 Å². The summed E-state index contributed by atoms with van der Waals surface area (Å²) in [6.45, 7) is 7.53. The van der Waals surface area contributed by atoms with Gasteiger partial charge in [0.15, 0.2) is 6.10 Å². The second-order valence-electron chi connectivity index (χ2n) is 4.86. The van der Waals surface area contributed by atoms with Crippen molar-refractivity contribution in [2.75, 3.05) is 0 Å². The van der Waals surface area contributed by atoms with E-state index in [1.165, 1.54) is 6.92 Å². The van der Waals surface area contributed by atoms with Gasteiger partial charge in [0.05, 0.1) is 0 Å². The van der Waals surface area contributed by atoms with Gasteiger partial charge in [0.1, 0.15) is 6.42 Å². The van der Waals surface area contributed by atoms with Gasteiger partial charge in [-0.15, -0.1) is 0 Å². The van der Waals surface area contributed by atoms with Crippen LogP contribution in [0.2, 0.25) is 0 Å². The maximum atomic E-state index is 13.5. The number of halogens is 5. The number of carbonyl (C=O) groups is 1. The van der Waals surface area contributed by atoms with Crippen LogP contribution >= 0.6 is 0 Å². The second-order valence-corrected chi connectivity index (χ2v) is 4.86. The third-order valence-corrected chi connectivity index (χ3v) is 2.19. The second kappa shape index (κ2) is 6.34. The van der Waals surface area contributed by atoms with Crippen molar-refractivity contribution in [1.29, 1.82) is 0 Å². The van der Waals surface area contributed by atoms with Crippen LogP contribution in [0.25, 0.3) is 0 Å². The molecule has 2 nitrogen and oxygen atoms in total. The molecule has 0 aromatic carbocycles. The molecule has 0 aliphatic carbocycles. The fourth-order valence-corrected chi connectivity index (χ4v) is 1.35. The van der Waals surface area contributed by atoms with Crippen LogP contribution in [0.1, 0.15) is 33.6 Å². The van der Waals surface area contributed by atoms with E-state index in [1.54, 1.807) is 13.8 Å². The van der Waals surface area contributed by atoms with Gasteiger partial charge in [0.2, 0.25) is 0 Å². The van der Waals surface area contributed by atoms with Crippen LogP contribution < -0.4 is 0 Å². The molecule has 0 radical (unpaired) electrons. The maximum Gasteiger partial charge on any atom is 0.395 e. The molecule has 0 aromatic heterocycles. The summed E-state index contributed by atoms with van der Waals surface area (Å²) in [5.74, 6) is -5.62. The van der Waals surface area contributed by atoms with E-state index in [4.69, 9.17) is 0 Å². The Balaban J connectivity index is 5.01. The monoisotopic (exact) mass is 288 g/mol. The molecule has 0 saturated heterocycles. The third kappa shape index (κ3) is 7.12. The largest absolute Gasteiger partial charge is 0.453 e. The minimum absolute atomic E-state index is 0.142. The summed E-state index contributed by atoms with van der Waals surface area (Å²) in [5.41, 5.74) is -0.142. The van der Waals surface area contributed by atoms with Crippen LogP contribution in [0.4, 0.5) is 22.0 Å². The van der Waals surface area contributed by atoms with Gasteiger partial charge in [0.25, 0.3) is 5.92 Å². The van der Waals surface area contributed by atoms with E-state index in [1.807, 2.05) is 0 Å². The van der Waals surface area contributed by atoms with Crippen LogP contribution in [0, 0.1) is 5.92 Å². The minimum atomic E-state index is -5.03. The maximum absolute atomic E-state index is 13.5. The number of carbonyl (C=O) groups excluding carboxylic acids is 1. The smallest absolute Gasteiger partial charge is 0.395 e. The zero-order valence-corrected chi connectivity index (χ0v) is 11.0. The number of esters is 1. The van der Waals surface area contributed by atoms with E-state index in [0.717, 1.165) is 0 Å². The molecule has 0 aromatic rings. The van der Waals surface area contributed by atoms with Crippen molar-refractivity contribution in [3.8, 4) is 0 Å². The number of hydrogen-bond donors (Lipinski definition) is 0. The lowest BCUT2D eigenvalue weighted by atomic mass is 9.98. The lowest BCUT2D eigenvalue weighted by Gasteiger charge is -2.28. The molecule has 0 amide bonds. The molecular weight excluding hydrogens is 271 g/mol. The number of ether oxygens (including phenoxy) is 1. The Labute approximate surface area is 108 Å². The Morgan fingerprint density at radius 2 is 1.68 bits per heavy atom. The highest BCUT2D eigenvalue weighted by molar-refractivity contribution is 5.87. The third-order valence-electron chi connectivity index (χ3n) is 2.19. The Morgan fingerprint density at radius 1 is 1.21 bits per heavy atom. The van der Waals surface area contributed by atoms with Gasteiger partial charge in [-0.2, -0.15) is 13.2 Å². The fraction of sp³-hybridized carbons (Fsp3) is 0.750. The predicted molar refractivity (Wildman–Crippen MR) is 59.8 cm³/mol. The lowest BCUT2D eigenvalue weighted by Crippen LogP contribution is -2.42. The molecule has 0 N–H and O–H groups in total. The molecule has 0 fully saturated rings. The number of rotatable bonds is 6. The molecule has 0 aliphatic rings. The highest BCUT2D eigenvalue weighted by Gasteiger charge is 2.50. The molecule has 1 unspecified atom stereocenters. The summed E-state index contributed by atoms with van der Waals surface area (Å²) >= 11 is 0. The summed E-state index contributed by atoms with van der Waals surface area (Å²) in [7, 11) is 0. The molecule has 19 heavy (non-hydrogen) atoms. The van der Waals surface area contributed by atoms with Crippen molar-refractivity contribution in [3.05, 3.63) is 12.2 Å². The van der Waals surface area contributed by atoms with Gasteiger partial charge < -0.3 is 4.74 Å². The van der Waals surface area contributed by atoms with Gasteiger partial charge in [0, 0.05) is 5.57 Å². The lowest BCUT2D eigenvalue weighted by molar-refractivity contribution is -0.224. The molecule has 7 heteroatoms. The van der Waals surface area contributed by atoms with Crippen molar-refractivity contribution in [2.24, 2.45) is 5.92 Å². The molecule has 1 atom stereocenters. The summed E-state index contributed by atoms with van der Waals surface area (Å²) in [5, 5.41) is 0. The Morgan fingerprint density at radius 3 is 2.00 bits per heavy atom. The normalized spacial score (nSPS) is 14.4. The van der Waals surface area contributed by atoms with Gasteiger partial charge in [-0.1, -0.05) is 20.4 Å². The SMILES string of the molecule is C=C(C)C(=O)OC(CC(C)C)C(F)(F)CC(F)(F)F. The van der Waals surface area contributed by atoms with Crippen molar-refractivity contribution in [2.45, 2.75) is 51.8 Å². The molecule has 0 bridgehead atoms. The van der Waals surface area contributed by atoms with Crippen LogP contribution in [-0.2, 0) is 9.53 Å². The first kappa shape index (κ1) is 17.9. The average Bonchev–Trinajstić information content (AvgIpc) is 2.11. The zero-order chi connectivity index (χ0) is 15.4. The first-order chi connectivity index (χ1) is 8.35. The first-order valence-electron chi connectivity index (χ1n) is 5.66. The van der Waals surface area contributed by atoms with E-state index >= 15 is 0 Å². The standard InChI is InChI=1S/C12H17F5O2/c1-7(2)5-9(19-10(18)8(3)4)11(13,14)6-12(15,16)17/h7,9H,3,5-6H2,1-2,4H3. The van der Waals surface area contributed by atoms with Crippen molar-refractivity contribution < 1.29 is 31.5 Å². The Hall–Kier alpha value is -1.14. The van der Waals surface area contributed by atoms with Gasteiger partial charge in [-0.25, -0.2) is 13.6 Å². The fourth-order valence-electron chi connectivity index (χ4n) is 1.35. The molecule has 0 heterocycles. The molecule has 0 saturated carbocycles. The van der Waals surface area contributed by atoms with Gasteiger partial charge in [-0.05, 0) is 19.3 Å². The van der Waals surface area contributed by atoms with Crippen LogP contribution in [-0.4, -0.2) is 24.2 Å². The highest BCUT2D eigenvalue weighted by Crippen LogP contribution is 2.37. The predicted octanol–water partition coefficient (Wildman–Crippen LogP) is 4.11. The van der Waals surface area contributed by atoms with Crippen LogP contribution in [0.3, 0.4) is 0 Å². The van der Waals surface area contributed by atoms with Gasteiger partial charge in [-0.3, -0.25) is 0 Å². The van der Waals surface area contributed by atoms with E-state index in [9.17, 15) is 26.7 Å². The zero-order valence-electron chi connectivity index (χ0n) is 11.0. The van der Waals surface area contributed by atoms with Crippen molar-refractivity contribution in [3.63, 3.8) is 0 Å². The summed E-state index contributed by atoms with van der Waals surface area (Å²) in [4.78, 5) is 11.2.